The molecule has 1 aromatic rings. The predicted octanol–water partition coefficient (Wildman–Crippen LogP) is 3.50. The molecule has 1 aromatic heterocycles. The molecule has 0 aliphatic heterocycles. The lowest BCUT2D eigenvalue weighted by molar-refractivity contribution is 0.166. The Bertz CT molecular complexity index is 386. The summed E-state index contributed by atoms with van der Waals surface area (Å²) in [5, 5.41) is 7.37. The third-order valence-corrected chi connectivity index (χ3v) is 4.33. The summed E-state index contributed by atoms with van der Waals surface area (Å²) >= 11 is 0. The van der Waals surface area contributed by atoms with E-state index >= 15 is 0 Å². The number of nitrogens with one attached hydrogen (secondary N) is 1. The van der Waals surface area contributed by atoms with Crippen molar-refractivity contribution >= 4 is 0 Å². The van der Waals surface area contributed by atoms with Crippen LogP contribution in [-0.2, 0) is 6.54 Å². The van der Waals surface area contributed by atoms with Gasteiger partial charge < -0.3 is 9.84 Å². The van der Waals surface area contributed by atoms with Crippen molar-refractivity contribution in [2.24, 2.45) is 11.3 Å². The Morgan fingerprint density at radius 1 is 1.21 bits per heavy atom. The number of nitrogens with zero attached hydrogens (tertiary/aromatic N) is 2. The molecule has 0 bridgehead atoms. The Morgan fingerprint density at radius 3 is 2.47 bits per heavy atom. The molecule has 0 amide bonds. The van der Waals surface area contributed by atoms with Crippen LogP contribution in [0.4, 0.5) is 0 Å². The molecule has 0 saturated heterocycles. The van der Waals surface area contributed by atoms with E-state index in [2.05, 4.69) is 43.2 Å². The molecule has 1 fully saturated rings. The van der Waals surface area contributed by atoms with Gasteiger partial charge in [0.1, 0.15) is 0 Å². The molecule has 0 atom stereocenters. The molecule has 1 N–H and O–H groups in total. The summed E-state index contributed by atoms with van der Waals surface area (Å²) in [6.45, 7) is 10.7. The van der Waals surface area contributed by atoms with Crippen molar-refractivity contribution in [2.45, 2.75) is 65.8 Å². The van der Waals surface area contributed by atoms with E-state index in [9.17, 15) is 0 Å². The summed E-state index contributed by atoms with van der Waals surface area (Å²) < 4.78 is 5.29. The number of hydrogen-bond acceptors (Lipinski definition) is 4. The fourth-order valence-corrected chi connectivity index (χ4v) is 2.96. The molecule has 1 aliphatic rings. The summed E-state index contributed by atoms with van der Waals surface area (Å²) in [5.74, 6) is 2.96. The van der Waals surface area contributed by atoms with Crippen LogP contribution in [0.15, 0.2) is 4.52 Å². The second kappa shape index (κ2) is 6.04. The van der Waals surface area contributed by atoms with Crippen LogP contribution < -0.4 is 5.32 Å². The van der Waals surface area contributed by atoms with Crippen molar-refractivity contribution in [1.82, 2.24) is 15.5 Å². The Morgan fingerprint density at radius 2 is 1.89 bits per heavy atom. The van der Waals surface area contributed by atoms with E-state index < -0.39 is 0 Å². The molecule has 2 rings (SSSR count). The SMILES string of the molecule is CCNCc1nc(C2CCC(C(C)(C)C)CC2)no1. The second-order valence-corrected chi connectivity index (χ2v) is 6.74. The summed E-state index contributed by atoms with van der Waals surface area (Å²) in [5.41, 5.74) is 0.429. The van der Waals surface area contributed by atoms with Crippen molar-refractivity contribution in [2.75, 3.05) is 6.54 Å². The summed E-state index contributed by atoms with van der Waals surface area (Å²) in [6, 6.07) is 0. The zero-order valence-electron chi connectivity index (χ0n) is 12.7. The van der Waals surface area contributed by atoms with Gasteiger partial charge in [-0.2, -0.15) is 4.98 Å². The van der Waals surface area contributed by atoms with E-state index in [-0.39, 0.29) is 0 Å². The highest BCUT2D eigenvalue weighted by molar-refractivity contribution is 4.98. The molecule has 0 spiro atoms. The number of aromatic nitrogens is 2. The first-order valence-corrected chi connectivity index (χ1v) is 7.54. The molecule has 0 radical (unpaired) electrons. The van der Waals surface area contributed by atoms with Crippen LogP contribution in [0.3, 0.4) is 0 Å². The van der Waals surface area contributed by atoms with Crippen LogP contribution in [0.25, 0.3) is 0 Å². The zero-order valence-corrected chi connectivity index (χ0v) is 12.7. The smallest absolute Gasteiger partial charge is 0.240 e. The Labute approximate surface area is 116 Å². The summed E-state index contributed by atoms with van der Waals surface area (Å²) in [7, 11) is 0. The van der Waals surface area contributed by atoms with Gasteiger partial charge in [0, 0.05) is 5.92 Å². The summed E-state index contributed by atoms with van der Waals surface area (Å²) in [4.78, 5) is 4.52. The highest BCUT2D eigenvalue weighted by Gasteiger charge is 2.31. The maximum Gasteiger partial charge on any atom is 0.240 e. The van der Waals surface area contributed by atoms with E-state index in [1.807, 2.05) is 0 Å². The first kappa shape index (κ1) is 14.5. The minimum absolute atomic E-state index is 0.429. The minimum Gasteiger partial charge on any atom is -0.338 e. The fourth-order valence-electron chi connectivity index (χ4n) is 2.96. The van der Waals surface area contributed by atoms with Crippen LogP contribution in [0.5, 0.6) is 0 Å². The average molecular weight is 265 g/mol. The highest BCUT2D eigenvalue weighted by Crippen LogP contribution is 2.42. The van der Waals surface area contributed by atoms with E-state index in [1.54, 1.807) is 0 Å². The standard InChI is InChI=1S/C15H27N3O/c1-5-16-10-13-17-14(18-19-13)11-6-8-12(9-7-11)15(2,3)4/h11-12,16H,5-10H2,1-4H3. The fraction of sp³-hybridized carbons (Fsp3) is 0.867. The van der Waals surface area contributed by atoms with Crippen molar-refractivity contribution in [1.29, 1.82) is 0 Å². The highest BCUT2D eigenvalue weighted by atomic mass is 16.5. The molecule has 0 unspecified atom stereocenters. The molecule has 108 valence electrons. The molecule has 1 aliphatic carbocycles. The summed E-state index contributed by atoms with van der Waals surface area (Å²) in [6.07, 6.45) is 4.96. The van der Waals surface area contributed by atoms with Gasteiger partial charge in [-0.25, -0.2) is 0 Å². The van der Waals surface area contributed by atoms with E-state index in [0.29, 0.717) is 17.9 Å². The largest absolute Gasteiger partial charge is 0.338 e. The van der Waals surface area contributed by atoms with Gasteiger partial charge in [-0.05, 0) is 43.6 Å². The molecule has 1 saturated carbocycles. The van der Waals surface area contributed by atoms with Crippen LogP contribution in [0.2, 0.25) is 0 Å². The first-order chi connectivity index (χ1) is 9.00. The Hall–Kier alpha value is -0.900. The van der Waals surface area contributed by atoms with Gasteiger partial charge in [0.15, 0.2) is 5.82 Å². The van der Waals surface area contributed by atoms with E-state index in [1.165, 1.54) is 25.7 Å². The lowest BCUT2D eigenvalue weighted by Gasteiger charge is -2.36. The third-order valence-electron chi connectivity index (χ3n) is 4.33. The number of hydrogen-bond donors (Lipinski definition) is 1. The normalized spacial score (nSPS) is 24.6. The molecule has 0 aromatic carbocycles. The monoisotopic (exact) mass is 265 g/mol. The molecule has 19 heavy (non-hydrogen) atoms. The zero-order chi connectivity index (χ0) is 13.9. The molecular formula is C15H27N3O. The van der Waals surface area contributed by atoms with Crippen molar-refractivity contribution < 1.29 is 4.52 Å². The quantitative estimate of drug-likeness (QED) is 0.905. The van der Waals surface area contributed by atoms with Crippen molar-refractivity contribution in [3.8, 4) is 0 Å². The van der Waals surface area contributed by atoms with Crippen LogP contribution in [0, 0.1) is 11.3 Å². The van der Waals surface area contributed by atoms with Gasteiger partial charge in [-0.3, -0.25) is 0 Å². The average Bonchev–Trinajstić information content (AvgIpc) is 2.84. The minimum atomic E-state index is 0.429. The molecule has 4 nitrogen and oxygen atoms in total. The van der Waals surface area contributed by atoms with E-state index in [4.69, 9.17) is 4.52 Å². The van der Waals surface area contributed by atoms with Crippen LogP contribution >= 0.6 is 0 Å². The Kier molecular flexibility index (Phi) is 4.61. The molecular weight excluding hydrogens is 238 g/mol. The topological polar surface area (TPSA) is 51.0 Å². The first-order valence-electron chi connectivity index (χ1n) is 7.54. The predicted molar refractivity (Wildman–Crippen MR) is 75.8 cm³/mol. The second-order valence-electron chi connectivity index (χ2n) is 6.74. The molecule has 1 heterocycles. The van der Waals surface area contributed by atoms with Gasteiger partial charge in [-0.15, -0.1) is 0 Å². The lowest BCUT2D eigenvalue weighted by Crippen LogP contribution is -2.25. The van der Waals surface area contributed by atoms with Gasteiger partial charge >= 0.3 is 0 Å². The van der Waals surface area contributed by atoms with E-state index in [0.717, 1.165) is 24.2 Å². The van der Waals surface area contributed by atoms with Gasteiger partial charge in [0.25, 0.3) is 0 Å². The van der Waals surface area contributed by atoms with Gasteiger partial charge in [0.05, 0.1) is 6.54 Å². The third kappa shape index (κ3) is 3.78. The van der Waals surface area contributed by atoms with Crippen molar-refractivity contribution in [3.63, 3.8) is 0 Å². The van der Waals surface area contributed by atoms with Crippen molar-refractivity contribution in [3.05, 3.63) is 11.7 Å². The van der Waals surface area contributed by atoms with Gasteiger partial charge in [0.2, 0.25) is 5.89 Å². The lowest BCUT2D eigenvalue weighted by atomic mass is 9.70. The van der Waals surface area contributed by atoms with Gasteiger partial charge in [-0.1, -0.05) is 32.9 Å². The molecule has 4 heteroatoms. The number of rotatable bonds is 4. The van der Waals surface area contributed by atoms with Crippen LogP contribution in [0.1, 0.15) is 71.0 Å². The van der Waals surface area contributed by atoms with Crippen LogP contribution in [-0.4, -0.2) is 16.7 Å². The maximum atomic E-state index is 5.29. The maximum absolute atomic E-state index is 5.29. The Balaban J connectivity index is 1.89.